The zero-order valence-electron chi connectivity index (χ0n) is 7.97. The van der Waals surface area contributed by atoms with Crippen LogP contribution in [0.3, 0.4) is 0 Å². The molecule has 2 rings (SSSR count). The zero-order valence-corrected chi connectivity index (χ0v) is 11.2. The number of nitrogens with zero attached hydrogens (tertiary/aromatic N) is 2. The largest absolute Gasteiger partial charge is 0.335 e. The topological polar surface area (TPSA) is 85.1 Å². The molecule has 0 fully saturated rings. The molecule has 0 atom stereocenters. The molecule has 2 aromatic heterocycles. The van der Waals surface area contributed by atoms with Crippen molar-refractivity contribution in [2.45, 2.75) is 11.1 Å². The molecule has 0 bridgehead atoms. The van der Waals surface area contributed by atoms with Gasteiger partial charge in [0, 0.05) is 4.47 Å². The van der Waals surface area contributed by atoms with Crippen molar-refractivity contribution in [1.29, 1.82) is 0 Å². The highest BCUT2D eigenvalue weighted by atomic mass is 79.9. The van der Waals surface area contributed by atoms with Crippen LogP contribution in [0.2, 0.25) is 0 Å². The third kappa shape index (κ3) is 2.25. The Kier molecular flexibility index (Phi) is 3.00. The Morgan fingerprint density at radius 1 is 1.56 bits per heavy atom. The minimum absolute atomic E-state index is 0.141. The Balaban J connectivity index is 2.31. The molecule has 2 aromatic rings. The van der Waals surface area contributed by atoms with E-state index in [1.165, 1.54) is 0 Å². The Morgan fingerprint density at radius 3 is 2.81 bits per heavy atom. The summed E-state index contributed by atoms with van der Waals surface area (Å²) in [5.74, 6) is 0.364. The highest BCUT2D eigenvalue weighted by molar-refractivity contribution is 9.10. The van der Waals surface area contributed by atoms with Gasteiger partial charge in [-0.2, -0.15) is 4.98 Å². The first-order valence-corrected chi connectivity index (χ1v) is 7.21. The molecule has 0 unspecified atom stereocenters. The molecule has 0 saturated heterocycles. The fourth-order valence-corrected chi connectivity index (χ4v) is 4.24. The molecule has 0 amide bonds. The standard InChI is InChI=1S/C7H6BrN3O3S2/c1-4-9-7(14-10-4)11-16(12,13)6-5(8)2-3-15-6/h2-3H,1H3,(H,9,10,11). The van der Waals surface area contributed by atoms with Crippen molar-refractivity contribution in [3.05, 3.63) is 21.7 Å². The lowest BCUT2D eigenvalue weighted by atomic mass is 10.7. The van der Waals surface area contributed by atoms with Gasteiger partial charge >= 0.3 is 6.01 Å². The number of hydrogen-bond acceptors (Lipinski definition) is 6. The van der Waals surface area contributed by atoms with E-state index in [1.807, 2.05) is 0 Å². The highest BCUT2D eigenvalue weighted by Crippen LogP contribution is 2.28. The van der Waals surface area contributed by atoms with Gasteiger partial charge in [0.2, 0.25) is 0 Å². The zero-order chi connectivity index (χ0) is 11.8. The molecule has 0 saturated carbocycles. The second kappa shape index (κ2) is 4.15. The van der Waals surface area contributed by atoms with Crippen LogP contribution in [0.25, 0.3) is 0 Å². The molecule has 0 aromatic carbocycles. The van der Waals surface area contributed by atoms with Gasteiger partial charge < -0.3 is 4.52 Å². The van der Waals surface area contributed by atoms with Gasteiger partial charge in [-0.05, 0) is 34.3 Å². The van der Waals surface area contributed by atoms with Crippen molar-refractivity contribution in [1.82, 2.24) is 10.1 Å². The average Bonchev–Trinajstić information content (AvgIpc) is 2.74. The molecule has 2 heterocycles. The molecule has 1 N–H and O–H groups in total. The maximum Gasteiger partial charge on any atom is 0.335 e. The predicted octanol–water partition coefficient (Wildman–Crippen LogP) is 2.00. The molecule has 16 heavy (non-hydrogen) atoms. The summed E-state index contributed by atoms with van der Waals surface area (Å²) in [5.41, 5.74) is 0. The number of hydrogen-bond donors (Lipinski definition) is 1. The summed E-state index contributed by atoms with van der Waals surface area (Å²) in [4.78, 5) is 3.76. The van der Waals surface area contributed by atoms with Crippen LogP contribution in [0.5, 0.6) is 0 Å². The minimum Gasteiger partial charge on any atom is -0.314 e. The molecular weight excluding hydrogens is 318 g/mol. The van der Waals surface area contributed by atoms with Crippen molar-refractivity contribution in [2.75, 3.05) is 4.72 Å². The molecule has 9 heteroatoms. The Labute approximate surface area is 104 Å². The number of thiophene rings is 1. The van der Waals surface area contributed by atoms with E-state index in [4.69, 9.17) is 0 Å². The van der Waals surface area contributed by atoms with Crippen molar-refractivity contribution < 1.29 is 12.9 Å². The lowest BCUT2D eigenvalue weighted by Crippen LogP contribution is -2.12. The molecule has 0 aliphatic rings. The molecule has 86 valence electrons. The van der Waals surface area contributed by atoms with E-state index in [1.54, 1.807) is 18.4 Å². The number of sulfonamides is 1. The summed E-state index contributed by atoms with van der Waals surface area (Å²) in [5, 5.41) is 5.15. The van der Waals surface area contributed by atoms with Crippen LogP contribution in [0.15, 0.2) is 24.7 Å². The maximum atomic E-state index is 11.8. The van der Waals surface area contributed by atoms with Crippen LogP contribution in [0, 0.1) is 6.92 Å². The van der Waals surface area contributed by atoms with E-state index in [-0.39, 0.29) is 10.2 Å². The van der Waals surface area contributed by atoms with Crippen LogP contribution < -0.4 is 4.72 Å². The summed E-state index contributed by atoms with van der Waals surface area (Å²) < 4.78 is 31.2. The first kappa shape index (κ1) is 11.6. The van der Waals surface area contributed by atoms with Crippen molar-refractivity contribution in [2.24, 2.45) is 0 Å². The summed E-state index contributed by atoms with van der Waals surface area (Å²) in [6, 6.07) is 1.51. The van der Waals surface area contributed by atoms with Gasteiger partial charge in [-0.1, -0.05) is 5.16 Å². The van der Waals surface area contributed by atoms with Gasteiger partial charge in [-0.25, -0.2) is 13.1 Å². The van der Waals surface area contributed by atoms with Crippen LogP contribution in [-0.2, 0) is 10.0 Å². The van der Waals surface area contributed by atoms with Crippen LogP contribution in [0.4, 0.5) is 6.01 Å². The average molecular weight is 324 g/mol. The highest BCUT2D eigenvalue weighted by Gasteiger charge is 2.21. The van der Waals surface area contributed by atoms with Crippen LogP contribution in [-0.4, -0.2) is 18.6 Å². The minimum atomic E-state index is -3.66. The fourth-order valence-electron chi connectivity index (χ4n) is 0.971. The van der Waals surface area contributed by atoms with Gasteiger partial charge in [0.05, 0.1) is 0 Å². The second-order valence-electron chi connectivity index (χ2n) is 2.81. The molecule has 0 radical (unpaired) electrons. The Morgan fingerprint density at radius 2 is 2.31 bits per heavy atom. The van der Waals surface area contributed by atoms with E-state index in [0.717, 1.165) is 11.3 Å². The maximum absolute atomic E-state index is 11.8. The smallest absolute Gasteiger partial charge is 0.314 e. The van der Waals surface area contributed by atoms with Crippen molar-refractivity contribution >= 4 is 43.3 Å². The van der Waals surface area contributed by atoms with Crippen molar-refractivity contribution in [3.8, 4) is 0 Å². The summed E-state index contributed by atoms with van der Waals surface area (Å²) in [7, 11) is -3.66. The lowest BCUT2D eigenvalue weighted by Gasteiger charge is -2.00. The van der Waals surface area contributed by atoms with Gasteiger partial charge in [0.1, 0.15) is 0 Å². The Bertz CT molecular complexity index is 604. The monoisotopic (exact) mass is 323 g/mol. The first-order valence-electron chi connectivity index (χ1n) is 4.05. The van der Waals surface area contributed by atoms with E-state index >= 15 is 0 Å². The molecule has 0 spiro atoms. The molecule has 0 aliphatic heterocycles. The number of halogens is 1. The summed E-state index contributed by atoms with van der Waals surface area (Å²) in [6.07, 6.45) is 0. The quantitative estimate of drug-likeness (QED) is 0.933. The number of rotatable bonds is 3. The van der Waals surface area contributed by atoms with E-state index in [2.05, 4.69) is 35.3 Å². The van der Waals surface area contributed by atoms with Crippen molar-refractivity contribution in [3.63, 3.8) is 0 Å². The third-order valence-corrected chi connectivity index (χ3v) is 5.57. The lowest BCUT2D eigenvalue weighted by molar-refractivity contribution is 0.429. The fraction of sp³-hybridized carbons (Fsp3) is 0.143. The SMILES string of the molecule is Cc1noc(NS(=O)(=O)c2sccc2Br)n1. The second-order valence-corrected chi connectivity index (χ2v) is 6.46. The van der Waals surface area contributed by atoms with E-state index < -0.39 is 10.0 Å². The summed E-state index contributed by atoms with van der Waals surface area (Å²) >= 11 is 4.24. The van der Waals surface area contributed by atoms with Crippen LogP contribution in [0.1, 0.15) is 5.82 Å². The number of anilines is 1. The number of aryl methyl sites for hydroxylation is 1. The normalized spacial score (nSPS) is 11.6. The molecule has 0 aliphatic carbocycles. The van der Waals surface area contributed by atoms with Gasteiger partial charge in [-0.15, -0.1) is 11.3 Å². The summed E-state index contributed by atoms with van der Waals surface area (Å²) in [6.45, 7) is 1.60. The van der Waals surface area contributed by atoms with E-state index in [9.17, 15) is 8.42 Å². The molecular formula is C7H6BrN3O3S2. The van der Waals surface area contributed by atoms with Crippen LogP contribution >= 0.6 is 27.3 Å². The molecule has 6 nitrogen and oxygen atoms in total. The number of aromatic nitrogens is 2. The van der Waals surface area contributed by atoms with E-state index in [0.29, 0.717) is 10.3 Å². The Hall–Kier alpha value is -0.930. The number of nitrogens with one attached hydrogen (secondary N) is 1. The van der Waals surface area contributed by atoms with Gasteiger partial charge in [0.25, 0.3) is 10.0 Å². The first-order chi connectivity index (χ1) is 7.49. The predicted molar refractivity (Wildman–Crippen MR) is 61.9 cm³/mol. The van der Waals surface area contributed by atoms with Gasteiger partial charge in [-0.3, -0.25) is 0 Å². The third-order valence-electron chi connectivity index (χ3n) is 1.58. The van der Waals surface area contributed by atoms with Gasteiger partial charge in [0.15, 0.2) is 10.0 Å².